The van der Waals surface area contributed by atoms with Crippen molar-refractivity contribution in [3.05, 3.63) is 54.1 Å². The molecule has 1 saturated carbocycles. The summed E-state index contributed by atoms with van der Waals surface area (Å²) >= 11 is 0. The second kappa shape index (κ2) is 8.00. The van der Waals surface area contributed by atoms with Gasteiger partial charge < -0.3 is 10.2 Å². The lowest BCUT2D eigenvalue weighted by Crippen LogP contribution is -2.48. The van der Waals surface area contributed by atoms with E-state index in [1.807, 2.05) is 6.07 Å². The average Bonchev–Trinajstić information content (AvgIpc) is 3.53. The Morgan fingerprint density at radius 2 is 1.94 bits per heavy atom. The molecular weight excluding hydrogens is 438 g/mol. The van der Waals surface area contributed by atoms with Crippen LogP contribution in [0, 0.1) is 11.2 Å². The van der Waals surface area contributed by atoms with E-state index in [4.69, 9.17) is 0 Å². The van der Waals surface area contributed by atoms with E-state index in [9.17, 15) is 22.4 Å². The lowest BCUT2D eigenvalue weighted by Gasteiger charge is -2.36. The van der Waals surface area contributed by atoms with E-state index in [0.29, 0.717) is 30.6 Å². The minimum Gasteiger partial charge on any atom is -0.352 e. The molecule has 10 heteroatoms. The third-order valence-corrected chi connectivity index (χ3v) is 6.62. The minimum atomic E-state index is -4.53. The summed E-state index contributed by atoms with van der Waals surface area (Å²) in [5.41, 5.74) is -0.124. The molecule has 5 rings (SSSR count). The van der Waals surface area contributed by atoms with Gasteiger partial charge in [0.05, 0.1) is 5.69 Å². The maximum Gasteiger partial charge on any atom is 0.403 e. The van der Waals surface area contributed by atoms with E-state index >= 15 is 0 Å². The predicted molar refractivity (Wildman–Crippen MR) is 114 cm³/mol. The summed E-state index contributed by atoms with van der Waals surface area (Å²) in [4.78, 5) is 18.6. The van der Waals surface area contributed by atoms with Crippen LogP contribution < -0.4 is 5.32 Å². The summed E-state index contributed by atoms with van der Waals surface area (Å²) in [6.07, 6.45) is 1.10. The van der Waals surface area contributed by atoms with Gasteiger partial charge in [-0.2, -0.15) is 18.3 Å². The average molecular weight is 461 g/mol. The molecular formula is C23H23F4N5O. The van der Waals surface area contributed by atoms with Crippen molar-refractivity contribution < 1.29 is 22.4 Å². The fourth-order valence-corrected chi connectivity index (χ4v) is 4.61. The third kappa shape index (κ3) is 3.91. The first-order valence-corrected chi connectivity index (χ1v) is 10.9. The molecule has 6 nitrogen and oxygen atoms in total. The minimum absolute atomic E-state index is 0.143. The van der Waals surface area contributed by atoms with Crippen LogP contribution in [0.3, 0.4) is 0 Å². The Hall–Kier alpha value is -3.17. The fourth-order valence-electron chi connectivity index (χ4n) is 4.61. The van der Waals surface area contributed by atoms with E-state index in [2.05, 4.69) is 15.4 Å². The van der Waals surface area contributed by atoms with Crippen molar-refractivity contribution in [1.29, 1.82) is 0 Å². The smallest absolute Gasteiger partial charge is 0.352 e. The topological polar surface area (TPSA) is 62.5 Å². The lowest BCUT2D eigenvalue weighted by atomic mass is 9.92. The normalized spacial score (nSPS) is 23.9. The molecule has 0 bridgehead atoms. The number of halogens is 4. The molecule has 2 aliphatic heterocycles. The molecule has 3 heterocycles. The van der Waals surface area contributed by atoms with E-state index in [-0.39, 0.29) is 31.1 Å². The van der Waals surface area contributed by atoms with Crippen LogP contribution in [-0.2, 0) is 4.79 Å². The van der Waals surface area contributed by atoms with Crippen LogP contribution >= 0.6 is 0 Å². The number of nitrogens with zero attached hydrogens (tertiary/aromatic N) is 4. The molecule has 1 N–H and O–H groups in total. The number of carbonyl (C=O) groups is 1. The van der Waals surface area contributed by atoms with Crippen LogP contribution in [0.2, 0.25) is 0 Å². The number of likely N-dealkylation sites (tertiary alicyclic amines) is 1. The highest BCUT2D eigenvalue weighted by Gasteiger charge is 2.69. The summed E-state index contributed by atoms with van der Waals surface area (Å²) in [7, 11) is 0. The van der Waals surface area contributed by atoms with Gasteiger partial charge in [0.1, 0.15) is 11.2 Å². The summed E-state index contributed by atoms with van der Waals surface area (Å²) in [6.45, 7) is 0.506. The molecule has 2 fully saturated rings. The highest BCUT2D eigenvalue weighted by atomic mass is 19.4. The number of nitrogens with one attached hydrogen (secondary N) is 1. The zero-order chi connectivity index (χ0) is 23.2. The summed E-state index contributed by atoms with van der Waals surface area (Å²) in [6, 6.07) is 7.81. The molecule has 2 unspecified atom stereocenters. The number of amides is 1. The number of carbonyl (C=O) groups excluding carboxylic acids is 1. The number of hydrogen-bond donors (Lipinski definition) is 1. The molecule has 2 aromatic rings. The van der Waals surface area contributed by atoms with Crippen molar-refractivity contribution in [3.63, 3.8) is 0 Å². The van der Waals surface area contributed by atoms with Crippen molar-refractivity contribution in [3.8, 4) is 11.3 Å². The van der Waals surface area contributed by atoms with Gasteiger partial charge in [-0.1, -0.05) is 0 Å². The van der Waals surface area contributed by atoms with Crippen molar-refractivity contribution in [2.45, 2.75) is 44.1 Å². The first-order chi connectivity index (χ1) is 15.8. The lowest BCUT2D eigenvalue weighted by molar-refractivity contribution is -0.199. The van der Waals surface area contributed by atoms with Crippen LogP contribution in [0.25, 0.3) is 11.3 Å². The second-order valence-electron chi connectivity index (χ2n) is 8.77. The van der Waals surface area contributed by atoms with Crippen LogP contribution in [0.15, 0.2) is 47.6 Å². The Kier molecular flexibility index (Phi) is 5.25. The van der Waals surface area contributed by atoms with Gasteiger partial charge in [0, 0.05) is 42.7 Å². The van der Waals surface area contributed by atoms with E-state index in [0.717, 1.165) is 5.69 Å². The monoisotopic (exact) mass is 461 g/mol. The Bertz CT molecular complexity index is 1100. The molecule has 0 radical (unpaired) electrons. The molecule has 1 aromatic heterocycles. The Balaban J connectivity index is 1.46. The maximum absolute atomic E-state index is 13.5. The number of aliphatic imine (C=N–C) groups is 1. The number of piperidine rings is 1. The Morgan fingerprint density at radius 1 is 1.18 bits per heavy atom. The predicted octanol–water partition coefficient (Wildman–Crippen LogP) is 4.38. The van der Waals surface area contributed by atoms with Gasteiger partial charge in [-0.3, -0.25) is 4.79 Å². The SMILES string of the molecule is O=C(N1CCCC(c2cc(-c3ccc(F)cc3)nn2C2N=CC=CN2)C1)C1(C(F)(F)F)CC1. The van der Waals surface area contributed by atoms with Gasteiger partial charge in [0.25, 0.3) is 0 Å². The van der Waals surface area contributed by atoms with Crippen LogP contribution in [-0.4, -0.2) is 46.1 Å². The summed E-state index contributed by atoms with van der Waals surface area (Å²) in [5.74, 6) is -1.38. The third-order valence-electron chi connectivity index (χ3n) is 6.62. The van der Waals surface area contributed by atoms with Crippen molar-refractivity contribution in [2.75, 3.05) is 13.1 Å². The molecule has 1 aliphatic carbocycles. The van der Waals surface area contributed by atoms with Gasteiger partial charge in [-0.25, -0.2) is 14.1 Å². The number of hydrogen-bond acceptors (Lipinski definition) is 4. The van der Waals surface area contributed by atoms with Crippen molar-refractivity contribution >= 4 is 12.1 Å². The molecule has 174 valence electrons. The van der Waals surface area contributed by atoms with E-state index in [1.165, 1.54) is 17.0 Å². The van der Waals surface area contributed by atoms with Crippen molar-refractivity contribution in [2.24, 2.45) is 10.4 Å². The van der Waals surface area contributed by atoms with Crippen LogP contribution in [0.1, 0.15) is 43.6 Å². The van der Waals surface area contributed by atoms with Gasteiger partial charge in [-0.05, 0) is 62.1 Å². The highest BCUT2D eigenvalue weighted by molar-refractivity contribution is 5.86. The van der Waals surface area contributed by atoms with Crippen molar-refractivity contribution in [1.82, 2.24) is 20.0 Å². The standard InChI is InChI=1S/C23H23F4N5O/c24-17-6-4-15(5-7-17)18-13-19(32(30-18)21-28-10-2-11-29-21)16-3-1-12-31(14-16)20(33)22(8-9-22)23(25,26)27/h2,4-7,10-11,13,16,21,28H,1,3,8-9,12,14H2. The zero-order valence-electron chi connectivity index (χ0n) is 17.7. The van der Waals surface area contributed by atoms with Gasteiger partial charge in [0.15, 0.2) is 0 Å². The fraction of sp³-hybridized carbons (Fsp3) is 0.435. The molecule has 1 saturated heterocycles. The Labute approximate surface area is 188 Å². The quantitative estimate of drug-likeness (QED) is 0.688. The Morgan fingerprint density at radius 3 is 2.58 bits per heavy atom. The molecule has 0 spiro atoms. The molecule has 33 heavy (non-hydrogen) atoms. The first kappa shape index (κ1) is 21.7. The maximum atomic E-state index is 13.5. The first-order valence-electron chi connectivity index (χ1n) is 10.9. The zero-order valence-corrected chi connectivity index (χ0v) is 17.7. The number of aromatic nitrogens is 2. The number of alkyl halides is 3. The van der Waals surface area contributed by atoms with Gasteiger partial charge in [-0.15, -0.1) is 0 Å². The second-order valence-corrected chi connectivity index (χ2v) is 8.77. The largest absolute Gasteiger partial charge is 0.403 e. The van der Waals surface area contributed by atoms with Gasteiger partial charge >= 0.3 is 6.18 Å². The molecule has 3 aliphatic rings. The number of benzene rings is 1. The van der Waals surface area contributed by atoms with E-state index in [1.54, 1.807) is 35.3 Å². The van der Waals surface area contributed by atoms with Crippen LogP contribution in [0.4, 0.5) is 17.6 Å². The van der Waals surface area contributed by atoms with Gasteiger partial charge in [0.2, 0.25) is 12.2 Å². The molecule has 1 aromatic carbocycles. The summed E-state index contributed by atoms with van der Waals surface area (Å²) < 4.78 is 55.7. The van der Waals surface area contributed by atoms with E-state index < -0.39 is 23.8 Å². The highest BCUT2D eigenvalue weighted by Crippen LogP contribution is 2.59. The number of rotatable bonds is 4. The molecule has 2 atom stereocenters. The van der Waals surface area contributed by atoms with Crippen LogP contribution in [0.5, 0.6) is 0 Å². The summed E-state index contributed by atoms with van der Waals surface area (Å²) in [5, 5.41) is 7.79. The number of allylic oxidation sites excluding steroid dienone is 1. The molecule has 1 amide bonds.